The number of unbranched alkanes of at least 4 members (excludes halogenated alkanes) is 2. The smallest absolute Gasteiger partial charge is 0.110 e. The van der Waals surface area contributed by atoms with Crippen molar-refractivity contribution in [2.75, 3.05) is 30.7 Å². The predicted octanol–water partition coefficient (Wildman–Crippen LogP) is 2.02. The molecule has 1 N–H and O–H groups in total. The van der Waals surface area contributed by atoms with Gasteiger partial charge in [0, 0.05) is 19.7 Å². The Labute approximate surface area is 106 Å². The molecule has 1 atom stereocenters. The lowest BCUT2D eigenvalue weighted by Crippen LogP contribution is -2.34. The van der Waals surface area contributed by atoms with Crippen molar-refractivity contribution < 1.29 is 9.84 Å². The van der Waals surface area contributed by atoms with E-state index in [1.807, 2.05) is 0 Å². The van der Waals surface area contributed by atoms with E-state index in [0.29, 0.717) is 0 Å². The van der Waals surface area contributed by atoms with Gasteiger partial charge in [-0.2, -0.15) is 0 Å². The van der Waals surface area contributed by atoms with Crippen molar-refractivity contribution in [3.63, 3.8) is 0 Å². The molecule has 0 spiro atoms. The van der Waals surface area contributed by atoms with Gasteiger partial charge in [0.05, 0.1) is 6.61 Å². The second-order valence-corrected chi connectivity index (χ2v) is 5.06. The highest BCUT2D eigenvalue weighted by Crippen LogP contribution is 2.17. The number of nitrogens with zero attached hydrogens (tertiary/aromatic N) is 1. The number of halogens is 1. The zero-order chi connectivity index (χ0) is 10.9. The van der Waals surface area contributed by atoms with Gasteiger partial charge in [0.25, 0.3) is 0 Å². The van der Waals surface area contributed by atoms with Crippen LogP contribution in [0.15, 0.2) is 0 Å². The van der Waals surface area contributed by atoms with Crippen molar-refractivity contribution in [3.8, 4) is 0 Å². The molecule has 0 aliphatic carbocycles. The van der Waals surface area contributed by atoms with Crippen LogP contribution in [0.1, 0.15) is 32.1 Å². The van der Waals surface area contributed by atoms with E-state index in [1.54, 1.807) is 0 Å². The summed E-state index contributed by atoms with van der Waals surface area (Å²) >= 11 is 2.41. The van der Waals surface area contributed by atoms with Gasteiger partial charge in [-0.1, -0.05) is 29.0 Å². The van der Waals surface area contributed by atoms with Gasteiger partial charge in [-0.3, -0.25) is 4.90 Å². The number of ether oxygens (including phenoxy) is 1. The van der Waals surface area contributed by atoms with Crippen molar-refractivity contribution in [1.29, 1.82) is 0 Å². The molecule has 0 aromatic heterocycles. The molecule has 1 heterocycles. The van der Waals surface area contributed by atoms with Crippen LogP contribution in [0.2, 0.25) is 0 Å². The Morgan fingerprint density at radius 2 is 2.20 bits per heavy atom. The Balaban J connectivity index is 2.03. The van der Waals surface area contributed by atoms with E-state index in [0.717, 1.165) is 26.1 Å². The first-order valence-electron chi connectivity index (χ1n) is 5.91. The highest BCUT2D eigenvalue weighted by molar-refractivity contribution is 14.1. The molecule has 0 bridgehead atoms. The number of alkyl halides is 1. The van der Waals surface area contributed by atoms with Gasteiger partial charge < -0.3 is 9.84 Å². The molecule has 0 amide bonds. The first kappa shape index (κ1) is 13.7. The second-order valence-electron chi connectivity index (χ2n) is 3.98. The normalized spacial score (nSPS) is 22.4. The van der Waals surface area contributed by atoms with Crippen LogP contribution in [0.3, 0.4) is 0 Å². The van der Waals surface area contributed by atoms with Crippen molar-refractivity contribution in [1.82, 2.24) is 4.90 Å². The molecule has 15 heavy (non-hydrogen) atoms. The van der Waals surface area contributed by atoms with E-state index in [2.05, 4.69) is 27.5 Å². The van der Waals surface area contributed by atoms with Crippen LogP contribution in [0.5, 0.6) is 0 Å². The molecule has 1 rings (SSSR count). The Hall–Kier alpha value is 0.610. The molecule has 90 valence electrons. The molecule has 1 saturated heterocycles. The van der Waals surface area contributed by atoms with Crippen LogP contribution >= 0.6 is 22.6 Å². The van der Waals surface area contributed by atoms with Crippen LogP contribution in [-0.4, -0.2) is 47.0 Å². The topological polar surface area (TPSA) is 32.7 Å². The van der Waals surface area contributed by atoms with E-state index in [9.17, 15) is 0 Å². The molecule has 1 fully saturated rings. The van der Waals surface area contributed by atoms with Gasteiger partial charge in [0.15, 0.2) is 0 Å². The van der Waals surface area contributed by atoms with Crippen LogP contribution in [0.25, 0.3) is 0 Å². The summed E-state index contributed by atoms with van der Waals surface area (Å²) in [5, 5.41) is 8.89. The third-order valence-electron chi connectivity index (χ3n) is 2.78. The van der Waals surface area contributed by atoms with Crippen LogP contribution in [0, 0.1) is 0 Å². The van der Waals surface area contributed by atoms with Crippen LogP contribution < -0.4 is 0 Å². The molecular weight excluding hydrogens is 305 g/mol. The largest absolute Gasteiger partial charge is 0.395 e. The molecule has 3 nitrogen and oxygen atoms in total. The van der Waals surface area contributed by atoms with Gasteiger partial charge in [0.2, 0.25) is 0 Å². The summed E-state index contributed by atoms with van der Waals surface area (Å²) in [5.41, 5.74) is 0. The minimum atomic E-state index is 0.245. The molecule has 4 heteroatoms. The minimum absolute atomic E-state index is 0.245. The number of hydrogen-bond acceptors (Lipinski definition) is 3. The molecule has 0 aromatic rings. The number of rotatable bonds is 8. The number of β-amino-alcohol motifs (C(OH)–C–C–N with tert-alkyl or cyclic N) is 1. The van der Waals surface area contributed by atoms with Crippen molar-refractivity contribution in [3.05, 3.63) is 0 Å². The van der Waals surface area contributed by atoms with Gasteiger partial charge in [0.1, 0.15) is 6.23 Å². The van der Waals surface area contributed by atoms with E-state index < -0.39 is 0 Å². The van der Waals surface area contributed by atoms with Crippen molar-refractivity contribution in [2.45, 2.75) is 38.3 Å². The summed E-state index contributed by atoms with van der Waals surface area (Å²) in [4.78, 5) is 2.25. The van der Waals surface area contributed by atoms with Crippen molar-refractivity contribution in [2.24, 2.45) is 0 Å². The quantitative estimate of drug-likeness (QED) is 0.421. The fraction of sp³-hybridized carbons (Fsp3) is 1.00. The zero-order valence-corrected chi connectivity index (χ0v) is 11.5. The third kappa shape index (κ3) is 5.47. The molecule has 1 unspecified atom stereocenters. The first-order chi connectivity index (χ1) is 7.38. The summed E-state index contributed by atoms with van der Waals surface area (Å²) in [5.74, 6) is 0. The van der Waals surface area contributed by atoms with E-state index >= 15 is 0 Å². The fourth-order valence-electron chi connectivity index (χ4n) is 1.96. The molecule has 1 aliphatic rings. The molecule has 0 saturated carbocycles. The minimum Gasteiger partial charge on any atom is -0.395 e. The Bertz CT molecular complexity index is 158. The first-order valence-corrected chi connectivity index (χ1v) is 7.43. The van der Waals surface area contributed by atoms with Gasteiger partial charge >= 0.3 is 0 Å². The Kier molecular flexibility index (Phi) is 7.96. The monoisotopic (exact) mass is 327 g/mol. The molecule has 1 aliphatic heterocycles. The van der Waals surface area contributed by atoms with E-state index in [4.69, 9.17) is 9.84 Å². The Morgan fingerprint density at radius 1 is 1.33 bits per heavy atom. The van der Waals surface area contributed by atoms with Crippen LogP contribution in [-0.2, 0) is 4.74 Å². The lowest BCUT2D eigenvalue weighted by atomic mass is 10.3. The second kappa shape index (κ2) is 8.73. The van der Waals surface area contributed by atoms with Gasteiger partial charge in [-0.05, 0) is 30.1 Å². The van der Waals surface area contributed by atoms with E-state index in [-0.39, 0.29) is 12.8 Å². The summed E-state index contributed by atoms with van der Waals surface area (Å²) < 4.78 is 7.07. The average Bonchev–Trinajstić information content (AvgIpc) is 2.66. The van der Waals surface area contributed by atoms with Gasteiger partial charge in [-0.15, -0.1) is 0 Å². The highest BCUT2D eigenvalue weighted by Gasteiger charge is 2.23. The van der Waals surface area contributed by atoms with Crippen molar-refractivity contribution >= 4 is 22.6 Å². The lowest BCUT2D eigenvalue weighted by Gasteiger charge is -2.23. The maximum absolute atomic E-state index is 8.89. The number of hydrogen-bond donors (Lipinski definition) is 1. The summed E-state index contributed by atoms with van der Waals surface area (Å²) in [6.07, 6.45) is 6.36. The summed E-state index contributed by atoms with van der Waals surface area (Å²) in [7, 11) is 0. The third-order valence-corrected chi connectivity index (χ3v) is 3.54. The molecular formula is C11H22INO2. The van der Waals surface area contributed by atoms with Crippen LogP contribution in [0.4, 0.5) is 0 Å². The Morgan fingerprint density at radius 3 is 2.93 bits per heavy atom. The number of aliphatic hydroxyl groups excluding tert-OH is 1. The fourth-order valence-corrected chi connectivity index (χ4v) is 2.50. The maximum Gasteiger partial charge on any atom is 0.110 e. The SMILES string of the molecule is OCCN1CCCC1OCCCCCI. The lowest BCUT2D eigenvalue weighted by molar-refractivity contribution is -0.0412. The zero-order valence-electron chi connectivity index (χ0n) is 9.33. The standard InChI is InChI=1S/C11H22INO2/c12-6-2-1-3-10-15-11-5-4-7-13(11)8-9-14/h11,14H,1-10H2. The summed E-state index contributed by atoms with van der Waals surface area (Å²) in [6, 6.07) is 0. The predicted molar refractivity (Wildman–Crippen MR) is 70.4 cm³/mol. The summed E-state index contributed by atoms with van der Waals surface area (Å²) in [6.45, 7) is 2.97. The van der Waals surface area contributed by atoms with E-state index in [1.165, 1.54) is 30.1 Å². The molecule has 0 radical (unpaired) electrons. The van der Waals surface area contributed by atoms with Gasteiger partial charge in [-0.25, -0.2) is 0 Å². The average molecular weight is 327 g/mol. The molecule has 0 aromatic carbocycles. The highest BCUT2D eigenvalue weighted by atomic mass is 127. The number of likely N-dealkylation sites (tertiary alicyclic amines) is 1. The maximum atomic E-state index is 8.89. The number of aliphatic hydroxyl groups is 1.